The largest absolute Gasteiger partial charge is 0.464 e. The standard InChI is InChI=1S/C36H30Cl2N2O5S/c1-46-27-9-5-8-23(16-27)17-30(36(43)45-21-22-6-3-2-4-7-22)39-34(41)32-29(37)18-26-20-40(14-12-28(26)33(32)38)35(42)25-11-10-24-13-15-44-31(24)19-25/h2-11,13,15-16,18-19,30H,12,14,17,20-21H2,1H3,(H,39,41). The summed E-state index contributed by atoms with van der Waals surface area (Å²) in [6, 6.07) is 25.0. The molecule has 1 aliphatic heterocycles. The molecule has 1 aromatic heterocycles. The van der Waals surface area contributed by atoms with Crippen molar-refractivity contribution in [2.75, 3.05) is 12.8 Å². The number of amides is 2. The maximum absolute atomic E-state index is 13.8. The van der Waals surface area contributed by atoms with Gasteiger partial charge in [-0.1, -0.05) is 71.7 Å². The van der Waals surface area contributed by atoms with Crippen LogP contribution in [0.25, 0.3) is 11.0 Å². The smallest absolute Gasteiger partial charge is 0.329 e. The number of carbonyl (C=O) groups excluding carboxylic acids is 3. The molecule has 2 heterocycles. The molecule has 10 heteroatoms. The average molecular weight is 674 g/mol. The second-order valence-electron chi connectivity index (χ2n) is 11.0. The minimum atomic E-state index is -0.990. The first-order chi connectivity index (χ1) is 22.3. The number of carbonyl (C=O) groups is 3. The monoisotopic (exact) mass is 672 g/mol. The molecule has 0 saturated carbocycles. The molecule has 5 aromatic rings. The van der Waals surface area contributed by atoms with Crippen molar-refractivity contribution in [3.8, 4) is 0 Å². The van der Waals surface area contributed by atoms with E-state index in [9.17, 15) is 14.4 Å². The van der Waals surface area contributed by atoms with Gasteiger partial charge in [0.1, 0.15) is 18.2 Å². The molecular weight excluding hydrogens is 643 g/mol. The first-order valence-electron chi connectivity index (χ1n) is 14.7. The number of benzene rings is 4. The van der Waals surface area contributed by atoms with Gasteiger partial charge in [0.05, 0.1) is 21.9 Å². The molecular formula is C36H30Cl2N2O5S. The van der Waals surface area contributed by atoms with Crippen molar-refractivity contribution in [2.45, 2.75) is 36.9 Å². The molecule has 4 aromatic carbocycles. The van der Waals surface area contributed by atoms with Crippen molar-refractivity contribution in [3.05, 3.63) is 135 Å². The number of ether oxygens (including phenoxy) is 1. The fourth-order valence-corrected chi connectivity index (χ4v) is 6.84. The number of rotatable bonds is 9. The molecule has 7 nitrogen and oxygen atoms in total. The van der Waals surface area contributed by atoms with Gasteiger partial charge in [0.25, 0.3) is 11.8 Å². The van der Waals surface area contributed by atoms with E-state index in [4.69, 9.17) is 32.4 Å². The molecule has 2 amide bonds. The van der Waals surface area contributed by atoms with E-state index in [1.165, 1.54) is 0 Å². The Bertz CT molecular complexity index is 1930. The predicted molar refractivity (Wildman–Crippen MR) is 181 cm³/mol. The third-order valence-corrected chi connectivity index (χ3v) is 9.45. The molecule has 0 spiro atoms. The quantitative estimate of drug-likeness (QED) is 0.127. The second-order valence-corrected chi connectivity index (χ2v) is 12.7. The molecule has 0 bridgehead atoms. The number of nitrogens with zero attached hydrogens (tertiary/aromatic N) is 1. The topological polar surface area (TPSA) is 88.9 Å². The normalized spacial score (nSPS) is 13.2. The minimum absolute atomic E-state index is 0.0713. The molecule has 0 aliphatic carbocycles. The predicted octanol–water partition coefficient (Wildman–Crippen LogP) is 7.74. The number of furan rings is 1. The van der Waals surface area contributed by atoms with Gasteiger partial charge < -0.3 is 19.4 Å². The van der Waals surface area contributed by atoms with E-state index in [0.29, 0.717) is 24.1 Å². The van der Waals surface area contributed by atoms with Gasteiger partial charge in [-0.05, 0) is 71.3 Å². The lowest BCUT2D eigenvalue weighted by molar-refractivity contribution is -0.147. The Morgan fingerprint density at radius 1 is 0.978 bits per heavy atom. The van der Waals surface area contributed by atoms with Crippen molar-refractivity contribution in [2.24, 2.45) is 0 Å². The average Bonchev–Trinajstić information content (AvgIpc) is 3.55. The maximum Gasteiger partial charge on any atom is 0.329 e. The lowest BCUT2D eigenvalue weighted by atomic mass is 9.95. The molecule has 1 aliphatic rings. The fourth-order valence-electron chi connectivity index (χ4n) is 5.59. The van der Waals surface area contributed by atoms with Gasteiger partial charge in [0.15, 0.2) is 0 Å². The van der Waals surface area contributed by atoms with Gasteiger partial charge in [-0.25, -0.2) is 4.79 Å². The van der Waals surface area contributed by atoms with E-state index in [1.54, 1.807) is 41.1 Å². The SMILES string of the molecule is CSc1cccc(CC(NC(=O)c2c(Cl)cc3c(c2Cl)CCN(C(=O)c2ccc4ccoc4c2)C3)C(=O)OCc2ccccc2)c1. The van der Waals surface area contributed by atoms with Crippen molar-refractivity contribution in [3.63, 3.8) is 0 Å². The van der Waals surface area contributed by atoms with Gasteiger partial charge in [-0.2, -0.15) is 0 Å². The van der Waals surface area contributed by atoms with Gasteiger partial charge in [0, 0.05) is 35.4 Å². The number of hydrogen-bond acceptors (Lipinski definition) is 6. The van der Waals surface area contributed by atoms with E-state index in [2.05, 4.69) is 5.32 Å². The summed E-state index contributed by atoms with van der Waals surface area (Å²) in [5.74, 6) is -1.29. The van der Waals surface area contributed by atoms with E-state index in [1.807, 2.05) is 73.0 Å². The Labute approximate surface area is 280 Å². The Hall–Kier alpha value is -4.24. The number of nitrogens with one attached hydrogen (secondary N) is 1. The molecule has 1 N–H and O–H groups in total. The summed E-state index contributed by atoms with van der Waals surface area (Å²) in [6.07, 6.45) is 4.22. The van der Waals surface area contributed by atoms with Crippen LogP contribution in [0.4, 0.5) is 0 Å². The highest BCUT2D eigenvalue weighted by molar-refractivity contribution is 7.98. The first kappa shape index (κ1) is 31.7. The van der Waals surface area contributed by atoms with Crippen LogP contribution in [-0.4, -0.2) is 41.5 Å². The van der Waals surface area contributed by atoms with Crippen LogP contribution in [0.5, 0.6) is 0 Å². The first-order valence-corrected chi connectivity index (χ1v) is 16.7. The zero-order chi connectivity index (χ0) is 32.2. The molecule has 1 unspecified atom stereocenters. The van der Waals surface area contributed by atoms with Crippen LogP contribution < -0.4 is 5.32 Å². The summed E-state index contributed by atoms with van der Waals surface area (Å²) in [5.41, 5.74) is 4.46. The molecule has 0 saturated heterocycles. The summed E-state index contributed by atoms with van der Waals surface area (Å²) in [7, 11) is 0. The summed E-state index contributed by atoms with van der Waals surface area (Å²) in [4.78, 5) is 43.2. The highest BCUT2D eigenvalue weighted by Crippen LogP contribution is 2.35. The van der Waals surface area contributed by atoms with Gasteiger partial charge in [0.2, 0.25) is 0 Å². The summed E-state index contributed by atoms with van der Waals surface area (Å²) in [5, 5.41) is 4.11. The third kappa shape index (κ3) is 6.94. The molecule has 1 atom stereocenters. The zero-order valence-electron chi connectivity index (χ0n) is 24.9. The molecule has 0 radical (unpaired) electrons. The van der Waals surface area contributed by atoms with Crippen molar-refractivity contribution in [1.82, 2.24) is 10.2 Å². The van der Waals surface area contributed by atoms with Crippen LogP contribution in [-0.2, 0) is 35.5 Å². The van der Waals surface area contributed by atoms with Crippen molar-refractivity contribution in [1.29, 1.82) is 0 Å². The summed E-state index contributed by atoms with van der Waals surface area (Å²) < 4.78 is 11.1. The lowest BCUT2D eigenvalue weighted by Crippen LogP contribution is -2.43. The highest BCUT2D eigenvalue weighted by atomic mass is 35.5. The van der Waals surface area contributed by atoms with E-state index in [0.717, 1.165) is 32.5 Å². The second kappa shape index (κ2) is 14.0. The van der Waals surface area contributed by atoms with Crippen LogP contribution in [0.15, 0.2) is 101 Å². The van der Waals surface area contributed by atoms with E-state index < -0.39 is 17.9 Å². The van der Waals surface area contributed by atoms with Crippen molar-refractivity contribution >= 4 is 63.7 Å². The van der Waals surface area contributed by atoms with Gasteiger partial charge in [-0.3, -0.25) is 9.59 Å². The Morgan fingerprint density at radius 2 is 1.78 bits per heavy atom. The highest BCUT2D eigenvalue weighted by Gasteiger charge is 2.30. The lowest BCUT2D eigenvalue weighted by Gasteiger charge is -2.30. The van der Waals surface area contributed by atoms with Crippen LogP contribution in [0.2, 0.25) is 10.0 Å². The van der Waals surface area contributed by atoms with Crippen LogP contribution in [0.3, 0.4) is 0 Å². The number of esters is 1. The van der Waals surface area contributed by atoms with Crippen LogP contribution in [0, 0.1) is 0 Å². The fraction of sp³-hybridized carbons (Fsp3) is 0.194. The Balaban J connectivity index is 1.21. The molecule has 0 fully saturated rings. The molecule has 234 valence electrons. The Morgan fingerprint density at radius 3 is 2.59 bits per heavy atom. The van der Waals surface area contributed by atoms with E-state index >= 15 is 0 Å². The number of fused-ring (bicyclic) bond motifs is 2. The zero-order valence-corrected chi connectivity index (χ0v) is 27.3. The molecule has 6 rings (SSSR count). The van der Waals surface area contributed by atoms with Crippen LogP contribution >= 0.6 is 35.0 Å². The van der Waals surface area contributed by atoms with Crippen molar-refractivity contribution < 1.29 is 23.5 Å². The Kier molecular flexibility index (Phi) is 9.68. The number of halogens is 2. The van der Waals surface area contributed by atoms with E-state index in [-0.39, 0.29) is 41.1 Å². The molecule has 46 heavy (non-hydrogen) atoms. The third-order valence-electron chi connectivity index (χ3n) is 8.01. The van der Waals surface area contributed by atoms with Crippen LogP contribution in [0.1, 0.15) is 43.0 Å². The summed E-state index contributed by atoms with van der Waals surface area (Å²) >= 11 is 15.1. The van der Waals surface area contributed by atoms with Gasteiger partial charge in [-0.15, -0.1) is 11.8 Å². The summed E-state index contributed by atoms with van der Waals surface area (Å²) in [6.45, 7) is 0.762. The number of thioether (sulfide) groups is 1. The minimum Gasteiger partial charge on any atom is -0.464 e. The number of hydrogen-bond donors (Lipinski definition) is 1. The van der Waals surface area contributed by atoms with Gasteiger partial charge >= 0.3 is 5.97 Å². The maximum atomic E-state index is 13.8.